The molecule has 0 aromatic heterocycles. The molecule has 0 bridgehead atoms. The van der Waals surface area contributed by atoms with Gasteiger partial charge in [-0.25, -0.2) is 0 Å². The van der Waals surface area contributed by atoms with Crippen LogP contribution in [0.5, 0.6) is 0 Å². The molecule has 0 radical (unpaired) electrons. The maximum Gasteiger partial charge on any atom is 0.184 e. The summed E-state index contributed by atoms with van der Waals surface area (Å²) in [7, 11) is 0. The third kappa shape index (κ3) is 8.12. The molecule has 0 fully saturated rings. The summed E-state index contributed by atoms with van der Waals surface area (Å²) in [6.07, 6.45) is 18.0. The van der Waals surface area contributed by atoms with Crippen molar-refractivity contribution in [3.05, 3.63) is 58.7 Å². The minimum absolute atomic E-state index is 0.162. The molecule has 0 saturated heterocycles. The summed E-state index contributed by atoms with van der Waals surface area (Å²) in [6.45, 7) is 11.1. The molecule has 1 aliphatic rings. The third-order valence-electron chi connectivity index (χ3n) is 4.36. The van der Waals surface area contributed by atoms with Crippen LogP contribution in [0.15, 0.2) is 63.8 Å². The monoisotopic (exact) mass is 357 g/mol. The first-order valence-corrected chi connectivity index (χ1v) is 9.12. The number of nitrogens with zero attached hydrogens (tertiary/aromatic N) is 1. The average molecular weight is 358 g/mol. The normalized spacial score (nSPS) is 19.4. The van der Waals surface area contributed by atoms with Crippen LogP contribution >= 0.6 is 12.2 Å². The molecule has 0 aliphatic heterocycles. The van der Waals surface area contributed by atoms with Gasteiger partial charge < -0.3 is 5.73 Å². The van der Waals surface area contributed by atoms with E-state index in [1.165, 1.54) is 36.0 Å². The van der Waals surface area contributed by atoms with Gasteiger partial charge in [0.2, 0.25) is 0 Å². The fourth-order valence-corrected chi connectivity index (χ4v) is 3.00. The number of hydrazone groups is 1. The standard InChI is InChI=1S/C21H31N3S/c1-16(8-6-9-17(2)13-15-23-24-20(22)25)11-12-19-18(3)10-7-14-21(19,4)5/h6,8-9,11-13,15H,7,10,14H2,1-5H3,(H3,22,24,25)/b9-6+,12-11+,16-8+,17-13+,23-15+. The van der Waals surface area contributed by atoms with E-state index in [9.17, 15) is 0 Å². The molecule has 25 heavy (non-hydrogen) atoms. The maximum atomic E-state index is 5.28. The predicted octanol–water partition coefficient (Wildman–Crippen LogP) is 5.34. The van der Waals surface area contributed by atoms with Crippen molar-refractivity contribution in [2.75, 3.05) is 0 Å². The van der Waals surface area contributed by atoms with Crippen molar-refractivity contribution < 1.29 is 0 Å². The van der Waals surface area contributed by atoms with Crippen LogP contribution in [-0.4, -0.2) is 11.3 Å². The van der Waals surface area contributed by atoms with Crippen LogP contribution in [0.2, 0.25) is 0 Å². The van der Waals surface area contributed by atoms with E-state index in [1.54, 1.807) is 6.21 Å². The van der Waals surface area contributed by atoms with Gasteiger partial charge in [0.05, 0.1) is 0 Å². The smallest absolute Gasteiger partial charge is 0.184 e. The van der Waals surface area contributed by atoms with Gasteiger partial charge in [-0.3, -0.25) is 5.43 Å². The molecule has 3 nitrogen and oxygen atoms in total. The number of nitrogens with one attached hydrogen (secondary N) is 1. The molecular formula is C21H31N3S. The van der Waals surface area contributed by atoms with Gasteiger partial charge in [0.15, 0.2) is 5.11 Å². The van der Waals surface area contributed by atoms with Gasteiger partial charge in [-0.1, -0.05) is 55.4 Å². The lowest BCUT2D eigenvalue weighted by Gasteiger charge is -2.32. The molecule has 0 saturated carbocycles. The zero-order valence-electron chi connectivity index (χ0n) is 16.1. The Balaban J connectivity index is 2.68. The van der Waals surface area contributed by atoms with Crippen molar-refractivity contribution in [2.45, 2.75) is 53.9 Å². The molecule has 1 aliphatic carbocycles. The molecule has 1 rings (SSSR count). The van der Waals surface area contributed by atoms with E-state index < -0.39 is 0 Å². The average Bonchev–Trinajstić information content (AvgIpc) is 2.50. The Bertz CT molecular complexity index is 659. The van der Waals surface area contributed by atoms with Crippen LogP contribution in [-0.2, 0) is 0 Å². The Kier molecular flexibility index (Phi) is 8.56. The first-order valence-electron chi connectivity index (χ1n) is 8.71. The van der Waals surface area contributed by atoms with E-state index in [0.29, 0.717) is 0 Å². The predicted molar refractivity (Wildman–Crippen MR) is 115 cm³/mol. The van der Waals surface area contributed by atoms with Gasteiger partial charge in [-0.2, -0.15) is 5.10 Å². The van der Waals surface area contributed by atoms with Crippen LogP contribution in [0.1, 0.15) is 53.9 Å². The molecule has 0 aromatic rings. The molecule has 3 N–H and O–H groups in total. The zero-order valence-corrected chi connectivity index (χ0v) is 16.9. The van der Waals surface area contributed by atoms with Crippen molar-refractivity contribution in [1.29, 1.82) is 0 Å². The van der Waals surface area contributed by atoms with Crippen molar-refractivity contribution in [3.63, 3.8) is 0 Å². The second kappa shape index (κ2) is 10.1. The molecule has 0 atom stereocenters. The van der Waals surface area contributed by atoms with E-state index >= 15 is 0 Å². The number of allylic oxidation sites excluding steroid dienone is 10. The topological polar surface area (TPSA) is 50.4 Å². The molecule has 0 aromatic carbocycles. The summed E-state index contributed by atoms with van der Waals surface area (Å²) in [5.41, 5.74) is 13.4. The highest BCUT2D eigenvalue weighted by molar-refractivity contribution is 7.80. The Morgan fingerprint density at radius 3 is 2.52 bits per heavy atom. The summed E-state index contributed by atoms with van der Waals surface area (Å²) >= 11 is 4.67. The lowest BCUT2D eigenvalue weighted by Crippen LogP contribution is -2.23. The first kappa shape index (κ1) is 21.1. The van der Waals surface area contributed by atoms with Gasteiger partial charge in [0, 0.05) is 6.21 Å². The fraction of sp³-hybridized carbons (Fsp3) is 0.429. The molecule has 4 heteroatoms. The first-order chi connectivity index (χ1) is 11.7. The van der Waals surface area contributed by atoms with Gasteiger partial charge in [0.1, 0.15) is 0 Å². The molecule has 0 spiro atoms. The summed E-state index contributed by atoms with van der Waals surface area (Å²) in [6, 6.07) is 0. The van der Waals surface area contributed by atoms with Crippen molar-refractivity contribution >= 4 is 23.5 Å². The third-order valence-corrected chi connectivity index (χ3v) is 4.45. The SMILES string of the molecule is CC1=C(/C=C/C(C)=C/C=C/C(C)=C/C=N/NC(N)=S)C(C)(C)CCC1. The van der Waals surface area contributed by atoms with Gasteiger partial charge in [-0.05, 0) is 74.9 Å². The number of nitrogens with two attached hydrogens (primary N) is 1. The molecule has 0 unspecified atom stereocenters. The Morgan fingerprint density at radius 2 is 1.88 bits per heavy atom. The van der Waals surface area contributed by atoms with E-state index in [0.717, 1.165) is 5.57 Å². The van der Waals surface area contributed by atoms with Crippen LogP contribution < -0.4 is 11.2 Å². The van der Waals surface area contributed by atoms with Crippen molar-refractivity contribution in [1.82, 2.24) is 5.43 Å². The summed E-state index contributed by atoms with van der Waals surface area (Å²) in [4.78, 5) is 0. The summed E-state index contributed by atoms with van der Waals surface area (Å²) in [5.74, 6) is 0. The summed E-state index contributed by atoms with van der Waals surface area (Å²) in [5, 5.41) is 4.03. The van der Waals surface area contributed by atoms with E-state index in [1.807, 2.05) is 25.2 Å². The second-order valence-corrected chi connectivity index (χ2v) is 7.64. The van der Waals surface area contributed by atoms with E-state index in [2.05, 4.69) is 68.7 Å². The van der Waals surface area contributed by atoms with E-state index in [-0.39, 0.29) is 10.5 Å². The Labute approximate surface area is 158 Å². The molecule has 136 valence electrons. The van der Waals surface area contributed by atoms with Crippen molar-refractivity contribution in [3.8, 4) is 0 Å². The van der Waals surface area contributed by atoms with Gasteiger partial charge >= 0.3 is 0 Å². The highest BCUT2D eigenvalue weighted by Gasteiger charge is 2.26. The lowest BCUT2D eigenvalue weighted by molar-refractivity contribution is 0.377. The van der Waals surface area contributed by atoms with Crippen LogP contribution in [0.3, 0.4) is 0 Å². The minimum Gasteiger partial charge on any atom is -0.375 e. The lowest BCUT2D eigenvalue weighted by atomic mass is 9.72. The molecular weight excluding hydrogens is 326 g/mol. The Morgan fingerprint density at radius 1 is 1.20 bits per heavy atom. The largest absolute Gasteiger partial charge is 0.375 e. The zero-order chi connectivity index (χ0) is 18.9. The van der Waals surface area contributed by atoms with Crippen LogP contribution in [0.4, 0.5) is 0 Å². The quantitative estimate of drug-likeness (QED) is 0.292. The molecule has 0 amide bonds. The van der Waals surface area contributed by atoms with Crippen molar-refractivity contribution in [2.24, 2.45) is 16.3 Å². The van der Waals surface area contributed by atoms with Gasteiger partial charge in [-0.15, -0.1) is 0 Å². The van der Waals surface area contributed by atoms with E-state index in [4.69, 9.17) is 5.73 Å². The number of hydrogen-bond donors (Lipinski definition) is 2. The Hall–Kier alpha value is -1.94. The maximum absolute atomic E-state index is 5.28. The van der Waals surface area contributed by atoms with Gasteiger partial charge in [0.25, 0.3) is 0 Å². The highest BCUT2D eigenvalue weighted by atomic mass is 32.1. The highest BCUT2D eigenvalue weighted by Crippen LogP contribution is 2.40. The number of hydrogen-bond acceptors (Lipinski definition) is 2. The summed E-state index contributed by atoms with van der Waals surface area (Å²) < 4.78 is 0. The number of thiocarbonyl (C=S) groups is 1. The minimum atomic E-state index is 0.162. The second-order valence-electron chi connectivity index (χ2n) is 7.20. The fourth-order valence-electron chi connectivity index (χ4n) is 2.94. The van der Waals surface area contributed by atoms with Crippen LogP contribution in [0.25, 0.3) is 0 Å². The van der Waals surface area contributed by atoms with Crippen LogP contribution in [0, 0.1) is 5.41 Å². The number of rotatable bonds is 6. The molecule has 0 heterocycles.